The number of aromatic nitrogens is 2. The number of hydrogen-bond donors (Lipinski definition) is 0. The molecular weight excluding hydrogens is 567 g/mol. The first-order chi connectivity index (χ1) is 22.1. The van der Waals surface area contributed by atoms with Crippen molar-refractivity contribution in [2.45, 2.75) is 73.5 Å². The molecule has 0 radical (unpaired) electrons. The molecule has 236 valence electrons. The van der Waals surface area contributed by atoms with E-state index < -0.39 is 0 Å². The third-order valence-electron chi connectivity index (χ3n) is 10.0. The minimum atomic E-state index is -0.209. The Morgan fingerprint density at radius 1 is 0.630 bits per heavy atom. The lowest BCUT2D eigenvalue weighted by molar-refractivity contribution is 0.200. The number of pyridine rings is 2. The number of aryl methyl sites for hydroxylation is 4. The lowest BCUT2D eigenvalue weighted by atomic mass is 9.96. The molecule has 2 aromatic heterocycles. The lowest BCUT2D eigenvalue weighted by Gasteiger charge is -2.40. The molecule has 5 aromatic rings. The molecule has 0 aliphatic carbocycles. The van der Waals surface area contributed by atoms with E-state index in [1.54, 1.807) is 12.1 Å². The molecule has 0 N–H and O–H groups in total. The fourth-order valence-electron chi connectivity index (χ4n) is 6.78. The summed E-state index contributed by atoms with van der Waals surface area (Å²) < 4.78 is 14.0. The van der Waals surface area contributed by atoms with Crippen LogP contribution in [-0.2, 0) is 13.1 Å². The molecule has 0 saturated carbocycles. The van der Waals surface area contributed by atoms with Gasteiger partial charge in [0.2, 0.25) is 0 Å². The van der Waals surface area contributed by atoms with Crippen LogP contribution >= 0.6 is 0 Å². The van der Waals surface area contributed by atoms with Gasteiger partial charge in [-0.15, -0.1) is 0 Å². The molecule has 0 bridgehead atoms. The number of anilines is 1. The third-order valence-corrected chi connectivity index (χ3v) is 10.0. The monoisotopic (exact) mass is 612 g/mol. The Hall–Kier alpha value is -4.35. The third kappa shape index (κ3) is 7.05. The first-order valence-electron chi connectivity index (χ1n) is 16.4. The van der Waals surface area contributed by atoms with E-state index in [0.717, 1.165) is 55.8 Å². The largest absolute Gasteiger partial charge is 0.364 e. The molecule has 6 rings (SSSR count). The lowest BCUT2D eigenvalue weighted by Crippen LogP contribution is -2.44. The maximum atomic E-state index is 14.0. The zero-order chi connectivity index (χ0) is 32.4. The van der Waals surface area contributed by atoms with Crippen molar-refractivity contribution in [3.8, 4) is 22.3 Å². The fourth-order valence-corrected chi connectivity index (χ4v) is 6.78. The maximum Gasteiger partial charge on any atom is 0.123 e. The Morgan fingerprint density at radius 2 is 1.11 bits per heavy atom. The van der Waals surface area contributed by atoms with Crippen molar-refractivity contribution in [1.82, 2.24) is 14.9 Å². The highest BCUT2D eigenvalue weighted by Crippen LogP contribution is 2.30. The van der Waals surface area contributed by atoms with Crippen LogP contribution in [-0.4, -0.2) is 34.0 Å². The minimum Gasteiger partial charge on any atom is -0.364 e. The molecule has 0 spiro atoms. The van der Waals surface area contributed by atoms with Crippen molar-refractivity contribution in [3.05, 3.63) is 136 Å². The predicted octanol–water partition coefficient (Wildman–Crippen LogP) is 9.47. The average molecular weight is 613 g/mol. The normalized spacial score (nSPS) is 14.1. The van der Waals surface area contributed by atoms with Crippen molar-refractivity contribution >= 4 is 5.69 Å². The van der Waals surface area contributed by atoms with Crippen LogP contribution in [0.25, 0.3) is 22.3 Å². The predicted molar refractivity (Wildman–Crippen MR) is 189 cm³/mol. The second kappa shape index (κ2) is 13.6. The van der Waals surface area contributed by atoms with Gasteiger partial charge in [-0.25, -0.2) is 4.39 Å². The van der Waals surface area contributed by atoms with Gasteiger partial charge in [0.05, 0.1) is 0 Å². The van der Waals surface area contributed by atoms with E-state index in [0.29, 0.717) is 6.04 Å². The topological polar surface area (TPSA) is 32.3 Å². The summed E-state index contributed by atoms with van der Waals surface area (Å²) in [6.45, 7) is 16.7. The Balaban J connectivity index is 1.17. The highest BCUT2D eigenvalue weighted by Gasteiger charge is 2.26. The van der Waals surface area contributed by atoms with Crippen LogP contribution in [0.5, 0.6) is 0 Å². The number of rotatable bonds is 8. The number of nitrogens with zero attached hydrogens (tertiary/aromatic N) is 4. The molecule has 0 amide bonds. The molecule has 0 unspecified atom stereocenters. The molecule has 46 heavy (non-hydrogen) atoms. The van der Waals surface area contributed by atoms with Crippen molar-refractivity contribution in [2.24, 2.45) is 0 Å². The van der Waals surface area contributed by atoms with Gasteiger partial charge in [-0.3, -0.25) is 14.9 Å². The molecule has 1 aliphatic rings. The smallest absolute Gasteiger partial charge is 0.123 e. The highest BCUT2D eigenvalue weighted by molar-refractivity contribution is 5.67. The molecule has 3 aromatic carbocycles. The van der Waals surface area contributed by atoms with Crippen LogP contribution in [0.1, 0.15) is 57.3 Å². The van der Waals surface area contributed by atoms with Gasteiger partial charge in [0.15, 0.2) is 0 Å². The number of piperidine rings is 1. The van der Waals surface area contributed by atoms with Gasteiger partial charge in [0, 0.05) is 73.8 Å². The fraction of sp³-hybridized carbons (Fsp3) is 0.317. The Kier molecular flexibility index (Phi) is 9.32. The van der Waals surface area contributed by atoms with Crippen molar-refractivity contribution < 1.29 is 4.39 Å². The summed E-state index contributed by atoms with van der Waals surface area (Å²) in [6.07, 6.45) is 9.98. The maximum absolute atomic E-state index is 14.0. The molecular formula is C41H45FN4. The highest BCUT2D eigenvalue weighted by atomic mass is 19.1. The Morgan fingerprint density at radius 3 is 1.63 bits per heavy atom. The van der Waals surface area contributed by atoms with Crippen LogP contribution in [0, 0.1) is 47.4 Å². The van der Waals surface area contributed by atoms with Crippen molar-refractivity contribution in [2.75, 3.05) is 18.0 Å². The first-order valence-corrected chi connectivity index (χ1v) is 16.4. The van der Waals surface area contributed by atoms with Gasteiger partial charge in [-0.1, -0.05) is 24.3 Å². The SMILES string of the molecule is Cc1cc(-c2cncc(CN3CCC(N(Cc4cncc(-c5cc(C)c(C)c(C)c5)c4)c4ccc(F)cc4)CC3)c2)cc(C)c1C. The van der Waals surface area contributed by atoms with Crippen LogP contribution in [0.4, 0.5) is 10.1 Å². The number of hydrogen-bond acceptors (Lipinski definition) is 4. The summed E-state index contributed by atoms with van der Waals surface area (Å²) in [6, 6.07) is 20.9. The summed E-state index contributed by atoms with van der Waals surface area (Å²) in [5.41, 5.74) is 16.1. The second-order valence-corrected chi connectivity index (χ2v) is 13.2. The zero-order valence-corrected chi connectivity index (χ0v) is 28.1. The molecule has 4 nitrogen and oxygen atoms in total. The quantitative estimate of drug-likeness (QED) is 0.175. The van der Waals surface area contributed by atoms with Crippen LogP contribution < -0.4 is 4.90 Å². The van der Waals surface area contributed by atoms with E-state index in [-0.39, 0.29) is 5.82 Å². The Bertz CT molecular complexity index is 1790. The number of benzene rings is 3. The van der Waals surface area contributed by atoms with Gasteiger partial charge in [-0.2, -0.15) is 0 Å². The van der Waals surface area contributed by atoms with E-state index in [1.165, 1.54) is 55.6 Å². The standard InChI is InChI=1S/C41H45FN4/c1-27-15-35(16-28(2)31(27)5)37-19-33(21-43-23-37)25-45-13-11-41(12-14-45)46(40-9-7-39(42)8-10-40)26-34-20-38(24-44-22-34)36-17-29(3)32(6)30(4)18-36/h7-10,15-24,41H,11-14,25-26H2,1-6H3. The van der Waals surface area contributed by atoms with E-state index >= 15 is 0 Å². The van der Waals surface area contributed by atoms with Gasteiger partial charge in [0.25, 0.3) is 0 Å². The summed E-state index contributed by atoms with van der Waals surface area (Å²) in [4.78, 5) is 14.3. The van der Waals surface area contributed by atoms with Gasteiger partial charge in [-0.05, 0) is 146 Å². The second-order valence-electron chi connectivity index (χ2n) is 13.2. The molecule has 1 fully saturated rings. The van der Waals surface area contributed by atoms with E-state index in [1.807, 2.05) is 36.9 Å². The summed E-state index contributed by atoms with van der Waals surface area (Å²) in [7, 11) is 0. The summed E-state index contributed by atoms with van der Waals surface area (Å²) in [5, 5.41) is 0. The van der Waals surface area contributed by atoms with Crippen LogP contribution in [0.3, 0.4) is 0 Å². The van der Waals surface area contributed by atoms with Crippen molar-refractivity contribution in [1.29, 1.82) is 0 Å². The molecule has 1 saturated heterocycles. The average Bonchev–Trinajstić information content (AvgIpc) is 3.06. The number of likely N-dealkylation sites (tertiary alicyclic amines) is 1. The molecule has 3 heterocycles. The molecule has 0 atom stereocenters. The Labute approximate surface area is 274 Å². The van der Waals surface area contributed by atoms with E-state index in [9.17, 15) is 4.39 Å². The van der Waals surface area contributed by atoms with Crippen molar-refractivity contribution in [3.63, 3.8) is 0 Å². The van der Waals surface area contributed by atoms with Crippen LogP contribution in [0.15, 0.2) is 85.5 Å². The first kappa shape index (κ1) is 31.6. The summed E-state index contributed by atoms with van der Waals surface area (Å²) in [5.74, 6) is -0.209. The van der Waals surface area contributed by atoms with E-state index in [2.05, 4.69) is 97.7 Å². The molecule has 5 heteroatoms. The zero-order valence-electron chi connectivity index (χ0n) is 28.1. The van der Waals surface area contributed by atoms with Gasteiger partial charge in [0.1, 0.15) is 5.82 Å². The van der Waals surface area contributed by atoms with Gasteiger partial charge >= 0.3 is 0 Å². The number of halogens is 1. The van der Waals surface area contributed by atoms with Gasteiger partial charge < -0.3 is 4.90 Å². The molecule has 1 aliphatic heterocycles. The summed E-state index contributed by atoms with van der Waals surface area (Å²) >= 11 is 0. The van der Waals surface area contributed by atoms with E-state index in [4.69, 9.17) is 0 Å². The minimum absolute atomic E-state index is 0.209. The van der Waals surface area contributed by atoms with Crippen LogP contribution in [0.2, 0.25) is 0 Å².